The van der Waals surface area contributed by atoms with Gasteiger partial charge in [-0.3, -0.25) is 4.79 Å². The van der Waals surface area contributed by atoms with E-state index in [1.807, 2.05) is 13.0 Å². The van der Waals surface area contributed by atoms with E-state index in [1.54, 1.807) is 18.2 Å². The first kappa shape index (κ1) is 26.6. The zero-order chi connectivity index (χ0) is 25.3. The third-order valence-corrected chi connectivity index (χ3v) is 5.48. The van der Waals surface area contributed by atoms with Crippen LogP contribution in [-0.4, -0.2) is 62.7 Å². The summed E-state index contributed by atoms with van der Waals surface area (Å²) < 4.78 is 47.8. The molecule has 192 valence electrons. The van der Waals surface area contributed by atoms with E-state index in [9.17, 15) is 18.0 Å². The second-order valence-corrected chi connectivity index (χ2v) is 8.45. The van der Waals surface area contributed by atoms with Gasteiger partial charge in [0.25, 0.3) is 5.91 Å². The Morgan fingerprint density at radius 1 is 1.17 bits per heavy atom. The first-order chi connectivity index (χ1) is 16.8. The van der Waals surface area contributed by atoms with Gasteiger partial charge in [0, 0.05) is 32.3 Å². The van der Waals surface area contributed by atoms with Gasteiger partial charge in [-0.2, -0.15) is 13.2 Å². The van der Waals surface area contributed by atoms with E-state index in [0.29, 0.717) is 31.5 Å². The van der Waals surface area contributed by atoms with E-state index >= 15 is 0 Å². The van der Waals surface area contributed by atoms with Crippen molar-refractivity contribution in [2.24, 2.45) is 0 Å². The summed E-state index contributed by atoms with van der Waals surface area (Å²) in [5.74, 6) is 0.148. The van der Waals surface area contributed by atoms with Gasteiger partial charge in [0.2, 0.25) is 0 Å². The fourth-order valence-corrected chi connectivity index (χ4v) is 3.91. The molecule has 1 aliphatic rings. The molecule has 1 aliphatic heterocycles. The van der Waals surface area contributed by atoms with Gasteiger partial charge in [-0.15, -0.1) is 0 Å². The molecule has 35 heavy (non-hydrogen) atoms. The third-order valence-electron chi connectivity index (χ3n) is 5.48. The number of aliphatic hydroxyl groups is 1. The highest BCUT2D eigenvalue weighted by atomic mass is 19.4. The molecule has 1 amide bonds. The van der Waals surface area contributed by atoms with Crippen molar-refractivity contribution in [2.75, 3.05) is 44.8 Å². The molecule has 0 radical (unpaired) electrons. The fraction of sp³-hybridized carbons (Fsp3) is 0.480. The third kappa shape index (κ3) is 8.32. The Balaban J connectivity index is 1.51. The highest BCUT2D eigenvalue weighted by Gasteiger charge is 2.29. The highest BCUT2D eigenvalue weighted by Crippen LogP contribution is 2.30. The minimum Gasteiger partial charge on any atom is -0.488 e. The van der Waals surface area contributed by atoms with Crippen molar-refractivity contribution in [1.29, 1.82) is 0 Å². The summed E-state index contributed by atoms with van der Waals surface area (Å²) in [5.41, 5.74) is 3.63. The molecule has 1 unspecified atom stereocenters. The van der Waals surface area contributed by atoms with Crippen LogP contribution < -0.4 is 25.4 Å². The van der Waals surface area contributed by atoms with Crippen LogP contribution in [0.25, 0.3) is 0 Å². The molecule has 1 heterocycles. The monoisotopic (exact) mass is 495 g/mol. The lowest BCUT2D eigenvalue weighted by Crippen LogP contribution is -2.32. The molecule has 3 rings (SSSR count). The van der Waals surface area contributed by atoms with Crippen molar-refractivity contribution >= 4 is 11.6 Å². The number of halogens is 3. The normalized spacial score (nSPS) is 13.6. The molecule has 4 N–H and O–H groups in total. The van der Waals surface area contributed by atoms with E-state index in [2.05, 4.69) is 22.0 Å². The largest absolute Gasteiger partial charge is 0.488 e. The molecule has 0 aliphatic carbocycles. The number of aliphatic hydroxyl groups excluding tert-OH is 1. The topological polar surface area (TPSA) is 91.9 Å². The van der Waals surface area contributed by atoms with Crippen LogP contribution >= 0.6 is 0 Å². The Morgan fingerprint density at radius 3 is 2.63 bits per heavy atom. The number of nitrogens with one attached hydrogen (secondary N) is 3. The van der Waals surface area contributed by atoms with Crippen LogP contribution in [0.1, 0.15) is 34.8 Å². The molecule has 10 heteroatoms. The van der Waals surface area contributed by atoms with Crippen molar-refractivity contribution in [3.63, 3.8) is 0 Å². The lowest BCUT2D eigenvalue weighted by atomic mass is 9.98. The molecule has 0 bridgehead atoms. The average Bonchev–Trinajstić information content (AvgIpc) is 3.29. The average molecular weight is 496 g/mol. The number of hydrogen-bond donors (Lipinski definition) is 4. The number of ether oxygens (including phenoxy) is 2. The van der Waals surface area contributed by atoms with Gasteiger partial charge in [0.05, 0.1) is 11.3 Å². The molecule has 0 saturated carbocycles. The van der Waals surface area contributed by atoms with Crippen molar-refractivity contribution in [2.45, 2.75) is 38.4 Å². The van der Waals surface area contributed by atoms with Crippen LogP contribution in [0.4, 0.5) is 18.9 Å². The summed E-state index contributed by atoms with van der Waals surface area (Å²) in [5, 5.41) is 18.4. The lowest BCUT2D eigenvalue weighted by Gasteiger charge is -2.17. The number of anilines is 1. The van der Waals surface area contributed by atoms with Crippen molar-refractivity contribution in [3.05, 3.63) is 53.1 Å². The molecule has 0 saturated heterocycles. The number of amides is 1. The maximum Gasteiger partial charge on any atom is 0.422 e. The van der Waals surface area contributed by atoms with Gasteiger partial charge >= 0.3 is 6.18 Å². The second kappa shape index (κ2) is 12.6. The molecular weight excluding hydrogens is 463 g/mol. The molecule has 2 aromatic rings. The minimum absolute atomic E-state index is 0.0236. The van der Waals surface area contributed by atoms with Crippen LogP contribution in [0.5, 0.6) is 11.5 Å². The smallest absolute Gasteiger partial charge is 0.422 e. The molecule has 7 nitrogen and oxygen atoms in total. The van der Waals surface area contributed by atoms with E-state index < -0.39 is 12.8 Å². The summed E-state index contributed by atoms with van der Waals surface area (Å²) in [7, 11) is 0. The van der Waals surface area contributed by atoms with Crippen LogP contribution in [0, 0.1) is 0 Å². The molecule has 0 aromatic heterocycles. The summed E-state index contributed by atoms with van der Waals surface area (Å²) >= 11 is 0. The quantitative estimate of drug-likeness (QED) is 0.319. The predicted octanol–water partition coefficient (Wildman–Crippen LogP) is 3.31. The van der Waals surface area contributed by atoms with Crippen LogP contribution in [0.3, 0.4) is 0 Å². The summed E-state index contributed by atoms with van der Waals surface area (Å²) in [6, 6.07) is 10.4. The van der Waals surface area contributed by atoms with E-state index in [4.69, 9.17) is 14.6 Å². The number of hydrogen-bond acceptors (Lipinski definition) is 6. The maximum atomic E-state index is 12.7. The zero-order valence-corrected chi connectivity index (χ0v) is 19.7. The van der Waals surface area contributed by atoms with Gasteiger partial charge in [0.15, 0.2) is 18.1 Å². The number of carbonyl (C=O) groups is 1. The Bertz CT molecular complexity index is 985. The summed E-state index contributed by atoms with van der Waals surface area (Å²) in [6.07, 6.45) is -2.37. The Morgan fingerprint density at radius 2 is 1.91 bits per heavy atom. The van der Waals surface area contributed by atoms with Crippen LogP contribution in [0.15, 0.2) is 36.4 Å². The van der Waals surface area contributed by atoms with E-state index in [-0.39, 0.29) is 36.7 Å². The highest BCUT2D eigenvalue weighted by molar-refractivity contribution is 6.01. The van der Waals surface area contributed by atoms with Crippen LogP contribution in [-0.2, 0) is 12.8 Å². The molecule has 2 aromatic carbocycles. The molecule has 1 atom stereocenters. The number of rotatable bonds is 13. The summed E-state index contributed by atoms with van der Waals surface area (Å²) in [6.45, 7) is 2.60. The number of para-hydroxylation sites is 2. The molecular formula is C25H32F3N3O4. The van der Waals surface area contributed by atoms with E-state index in [0.717, 1.165) is 29.8 Å². The SMILES string of the molecule is CC(Cc1cc2c(c(C(=O)NCCCO)c1)NCC2)NCCOc1ccccc1OCC(F)(F)F. The van der Waals surface area contributed by atoms with Gasteiger partial charge in [0.1, 0.15) is 6.61 Å². The van der Waals surface area contributed by atoms with Gasteiger partial charge in [-0.1, -0.05) is 18.2 Å². The zero-order valence-electron chi connectivity index (χ0n) is 19.7. The summed E-state index contributed by atoms with van der Waals surface area (Å²) in [4.78, 5) is 12.7. The lowest BCUT2D eigenvalue weighted by molar-refractivity contribution is -0.153. The molecule has 0 fully saturated rings. The van der Waals surface area contributed by atoms with Gasteiger partial charge < -0.3 is 30.5 Å². The standard InChI is InChI=1S/C25H32F3N3O4/c1-17(29-10-12-34-21-5-2-3-6-22(21)35-16-25(26,27)28)13-18-14-19-7-9-30-23(19)20(15-18)24(33)31-8-4-11-32/h2-3,5-6,14-15,17,29-30,32H,4,7-13,16H2,1H3,(H,31,33). The second-order valence-electron chi connectivity index (χ2n) is 8.45. The first-order valence-corrected chi connectivity index (χ1v) is 11.7. The first-order valence-electron chi connectivity index (χ1n) is 11.7. The predicted molar refractivity (Wildman–Crippen MR) is 127 cm³/mol. The van der Waals surface area contributed by atoms with Crippen molar-refractivity contribution in [1.82, 2.24) is 10.6 Å². The fourth-order valence-electron chi connectivity index (χ4n) is 3.91. The number of carbonyl (C=O) groups excluding carboxylic acids is 1. The van der Waals surface area contributed by atoms with Crippen molar-refractivity contribution < 1.29 is 32.5 Å². The maximum absolute atomic E-state index is 12.7. The number of fused-ring (bicyclic) bond motifs is 1. The van der Waals surface area contributed by atoms with Crippen LogP contribution in [0.2, 0.25) is 0 Å². The Kier molecular flexibility index (Phi) is 9.62. The Hall–Kier alpha value is -2.98. The van der Waals surface area contributed by atoms with Gasteiger partial charge in [-0.05, 0) is 55.5 Å². The number of benzene rings is 2. The number of alkyl halides is 3. The van der Waals surface area contributed by atoms with Gasteiger partial charge in [-0.25, -0.2) is 0 Å². The molecule has 0 spiro atoms. The minimum atomic E-state index is -4.42. The van der Waals surface area contributed by atoms with E-state index in [1.165, 1.54) is 6.07 Å². The Labute approximate surface area is 203 Å². The van der Waals surface area contributed by atoms with Crippen molar-refractivity contribution in [3.8, 4) is 11.5 Å².